The summed E-state index contributed by atoms with van der Waals surface area (Å²) in [7, 11) is 3.21. The van der Waals surface area contributed by atoms with Crippen LogP contribution < -0.4 is 0 Å². The Balaban J connectivity index is 1.96. The van der Waals surface area contributed by atoms with Crippen molar-refractivity contribution in [3.8, 4) is 0 Å². The van der Waals surface area contributed by atoms with E-state index < -0.39 is 0 Å². The first-order valence-corrected chi connectivity index (χ1v) is 9.16. The summed E-state index contributed by atoms with van der Waals surface area (Å²) in [5, 5.41) is 0. The van der Waals surface area contributed by atoms with Gasteiger partial charge in [0.15, 0.2) is 0 Å². The lowest BCUT2D eigenvalue weighted by Crippen LogP contribution is -2.30. The van der Waals surface area contributed by atoms with Crippen LogP contribution in [0.4, 0.5) is 0 Å². The van der Waals surface area contributed by atoms with Gasteiger partial charge >= 0.3 is 0 Å². The number of nitrogens with zero attached hydrogens (tertiary/aromatic N) is 3. The number of hydrogen-bond donors (Lipinski definition) is 1. The molecule has 1 N–H and O–H groups in total. The Labute approximate surface area is 165 Å². The number of methoxy groups -OCH3 is 2. The van der Waals surface area contributed by atoms with Crippen molar-refractivity contribution < 1.29 is 9.47 Å². The van der Waals surface area contributed by atoms with Crippen molar-refractivity contribution in [2.45, 2.75) is 31.7 Å². The van der Waals surface area contributed by atoms with Crippen LogP contribution >= 0.6 is 0 Å². The molecular formula is C22H26N4O2. The van der Waals surface area contributed by atoms with E-state index in [1.54, 1.807) is 20.5 Å². The normalized spacial score (nSPS) is 18.4. The lowest BCUT2D eigenvalue weighted by Gasteiger charge is -2.22. The lowest BCUT2D eigenvalue weighted by molar-refractivity contribution is 0.365. The number of rotatable bonds is 5. The van der Waals surface area contributed by atoms with Gasteiger partial charge < -0.3 is 14.5 Å². The molecule has 1 unspecified atom stereocenters. The predicted molar refractivity (Wildman–Crippen MR) is 113 cm³/mol. The molecule has 6 heteroatoms. The van der Waals surface area contributed by atoms with E-state index in [0.29, 0.717) is 23.9 Å². The number of imidazole rings is 1. The van der Waals surface area contributed by atoms with E-state index in [1.807, 2.05) is 30.4 Å². The zero-order chi connectivity index (χ0) is 20.1. The minimum absolute atomic E-state index is 0.234. The maximum absolute atomic E-state index is 5.54. The van der Waals surface area contributed by atoms with Crippen LogP contribution in [0.2, 0.25) is 0 Å². The molecule has 0 spiro atoms. The molecule has 0 saturated heterocycles. The molecule has 1 atom stereocenters. The molecule has 1 aromatic heterocycles. The minimum atomic E-state index is -0.258. The first-order chi connectivity index (χ1) is 13.5. The van der Waals surface area contributed by atoms with E-state index in [0.717, 1.165) is 17.0 Å². The van der Waals surface area contributed by atoms with Gasteiger partial charge in [-0.2, -0.15) is 0 Å². The topological polar surface area (TPSA) is 71.9 Å². The van der Waals surface area contributed by atoms with Crippen LogP contribution in [-0.4, -0.2) is 42.0 Å². The third kappa shape index (κ3) is 4.06. The zero-order valence-electron chi connectivity index (χ0n) is 16.8. The van der Waals surface area contributed by atoms with Gasteiger partial charge in [0.05, 0.1) is 31.9 Å². The zero-order valence-corrected chi connectivity index (χ0v) is 16.8. The number of allylic oxidation sites excluding steroid dienone is 1. The number of H-pyrrole nitrogens is 1. The number of aromatic amines is 1. The summed E-state index contributed by atoms with van der Waals surface area (Å²) < 4.78 is 11.1. The van der Waals surface area contributed by atoms with Gasteiger partial charge in [0.1, 0.15) is 11.7 Å². The first kappa shape index (κ1) is 19.6. The van der Waals surface area contributed by atoms with Crippen molar-refractivity contribution in [3.63, 3.8) is 0 Å². The number of aromatic nitrogens is 2. The van der Waals surface area contributed by atoms with E-state index in [9.17, 15) is 0 Å². The molecule has 1 aromatic carbocycles. The van der Waals surface area contributed by atoms with Gasteiger partial charge in [0.25, 0.3) is 0 Å². The van der Waals surface area contributed by atoms with Crippen molar-refractivity contribution in [1.29, 1.82) is 0 Å². The molecule has 0 bridgehead atoms. The van der Waals surface area contributed by atoms with Crippen molar-refractivity contribution in [2.24, 2.45) is 9.98 Å². The second kappa shape index (κ2) is 8.25. The Kier molecular flexibility index (Phi) is 5.78. The largest absolute Gasteiger partial charge is 0.482 e. The van der Waals surface area contributed by atoms with Gasteiger partial charge in [-0.1, -0.05) is 50.3 Å². The van der Waals surface area contributed by atoms with Crippen LogP contribution in [0.5, 0.6) is 0 Å². The Morgan fingerprint density at radius 2 is 1.93 bits per heavy atom. The maximum atomic E-state index is 5.54. The van der Waals surface area contributed by atoms with Gasteiger partial charge in [-0.05, 0) is 11.6 Å². The van der Waals surface area contributed by atoms with Gasteiger partial charge in [0, 0.05) is 11.8 Å². The van der Waals surface area contributed by atoms with E-state index in [1.165, 1.54) is 0 Å². The molecule has 146 valence electrons. The van der Waals surface area contributed by atoms with Gasteiger partial charge in [0.2, 0.25) is 11.8 Å². The molecule has 6 nitrogen and oxygen atoms in total. The van der Waals surface area contributed by atoms with Gasteiger partial charge in [-0.25, -0.2) is 15.0 Å². The number of nitrogens with one attached hydrogen (secondary N) is 1. The van der Waals surface area contributed by atoms with Crippen LogP contribution in [0, 0.1) is 0 Å². The fourth-order valence-electron chi connectivity index (χ4n) is 3.07. The molecule has 3 rings (SSSR count). The summed E-state index contributed by atoms with van der Waals surface area (Å²) in [4.78, 5) is 17.0. The molecule has 2 heterocycles. The second-order valence-corrected chi connectivity index (χ2v) is 7.12. The summed E-state index contributed by atoms with van der Waals surface area (Å²) in [6.45, 7) is 8.06. The van der Waals surface area contributed by atoms with Crippen LogP contribution in [0.3, 0.4) is 0 Å². The van der Waals surface area contributed by atoms with Crippen molar-refractivity contribution in [2.75, 3.05) is 14.2 Å². The third-order valence-corrected chi connectivity index (χ3v) is 4.78. The molecule has 0 amide bonds. The Bertz CT molecular complexity index is 923. The average molecular weight is 378 g/mol. The Hall–Kier alpha value is -3.15. The van der Waals surface area contributed by atoms with E-state index in [-0.39, 0.29) is 11.5 Å². The van der Waals surface area contributed by atoms with Crippen molar-refractivity contribution in [1.82, 2.24) is 9.97 Å². The van der Waals surface area contributed by atoms with Crippen LogP contribution in [0.25, 0.3) is 6.08 Å². The van der Waals surface area contributed by atoms with Crippen LogP contribution in [0.1, 0.15) is 30.8 Å². The minimum Gasteiger partial charge on any atom is -0.482 e. The maximum Gasteiger partial charge on any atom is 0.236 e. The van der Waals surface area contributed by atoms with E-state index in [4.69, 9.17) is 14.5 Å². The molecule has 0 radical (unpaired) electrons. The average Bonchev–Trinajstić information content (AvgIpc) is 3.18. The summed E-state index contributed by atoms with van der Waals surface area (Å²) in [5.74, 6) is 1.02. The Morgan fingerprint density at radius 1 is 1.18 bits per heavy atom. The number of ether oxygens (including phenoxy) is 2. The molecule has 1 aliphatic heterocycles. The molecule has 2 aromatic rings. The third-order valence-electron chi connectivity index (χ3n) is 4.78. The van der Waals surface area contributed by atoms with Crippen molar-refractivity contribution >= 4 is 17.9 Å². The first-order valence-electron chi connectivity index (χ1n) is 9.16. The lowest BCUT2D eigenvalue weighted by atomic mass is 9.88. The second-order valence-electron chi connectivity index (χ2n) is 7.12. The van der Waals surface area contributed by atoms with Crippen molar-refractivity contribution in [3.05, 3.63) is 72.0 Å². The quantitative estimate of drug-likeness (QED) is 0.801. The SMILES string of the molecule is C=CC(C)(C)c1[nH]cnc1/C=C1\N=C(OC)C(Cc2ccccc2)N=C1OC. The predicted octanol–water partition coefficient (Wildman–Crippen LogP) is 3.93. The smallest absolute Gasteiger partial charge is 0.236 e. The highest BCUT2D eigenvalue weighted by Gasteiger charge is 2.27. The highest BCUT2D eigenvalue weighted by molar-refractivity contribution is 6.04. The summed E-state index contributed by atoms with van der Waals surface area (Å²) in [6, 6.07) is 9.90. The fraction of sp³-hybridized carbons (Fsp3) is 0.318. The molecule has 0 aliphatic carbocycles. The van der Waals surface area contributed by atoms with Gasteiger partial charge in [-0.3, -0.25) is 0 Å². The monoisotopic (exact) mass is 378 g/mol. The molecule has 0 saturated carbocycles. The molecule has 28 heavy (non-hydrogen) atoms. The number of benzene rings is 1. The van der Waals surface area contributed by atoms with Crippen LogP contribution in [-0.2, 0) is 21.3 Å². The van der Waals surface area contributed by atoms with Crippen LogP contribution in [0.15, 0.2) is 65.0 Å². The molecule has 1 aliphatic rings. The molecule has 0 fully saturated rings. The van der Waals surface area contributed by atoms with E-state index >= 15 is 0 Å². The summed E-state index contributed by atoms with van der Waals surface area (Å²) in [5.41, 5.74) is 3.20. The molecular weight excluding hydrogens is 352 g/mol. The summed E-state index contributed by atoms with van der Waals surface area (Å²) >= 11 is 0. The Morgan fingerprint density at radius 3 is 2.57 bits per heavy atom. The highest BCUT2D eigenvalue weighted by atomic mass is 16.5. The number of hydrogen-bond acceptors (Lipinski definition) is 5. The summed E-state index contributed by atoms with van der Waals surface area (Å²) in [6.07, 6.45) is 6.09. The number of aliphatic imine (C=N–C) groups is 2. The van der Waals surface area contributed by atoms with E-state index in [2.05, 4.69) is 47.5 Å². The van der Waals surface area contributed by atoms with Gasteiger partial charge in [-0.15, -0.1) is 6.58 Å². The highest BCUT2D eigenvalue weighted by Crippen LogP contribution is 2.27. The standard InChI is InChI=1S/C22H26N4O2/c1-6-22(2,3)19-16(23-14-24-19)13-18-21(28-5)25-17(20(26-18)27-4)12-15-10-8-7-9-11-15/h6-11,13-14,17H,1,12H2,2-5H3,(H,23,24)/b18-13-. The fourth-order valence-corrected chi connectivity index (χ4v) is 3.07.